The van der Waals surface area contributed by atoms with Crippen molar-refractivity contribution in [1.82, 2.24) is 10.2 Å². The summed E-state index contributed by atoms with van der Waals surface area (Å²) in [7, 11) is -3.84. The van der Waals surface area contributed by atoms with E-state index in [9.17, 15) is 22.4 Å². The van der Waals surface area contributed by atoms with Gasteiger partial charge in [0.25, 0.3) is 0 Å². The summed E-state index contributed by atoms with van der Waals surface area (Å²) in [6.07, 6.45) is 3.04. The van der Waals surface area contributed by atoms with Gasteiger partial charge in [0.2, 0.25) is 21.8 Å². The molecule has 0 aromatic heterocycles. The third-order valence-corrected chi connectivity index (χ3v) is 6.95. The topological polar surface area (TPSA) is 86.8 Å². The number of anilines is 1. The van der Waals surface area contributed by atoms with Crippen LogP contribution >= 0.6 is 11.6 Å². The molecule has 0 unspecified atom stereocenters. The van der Waals surface area contributed by atoms with E-state index in [-0.39, 0.29) is 12.5 Å². The van der Waals surface area contributed by atoms with Crippen LogP contribution in [0.15, 0.2) is 42.5 Å². The second-order valence-electron chi connectivity index (χ2n) is 8.42. The van der Waals surface area contributed by atoms with Crippen LogP contribution in [0.3, 0.4) is 0 Å². The van der Waals surface area contributed by atoms with Crippen LogP contribution in [-0.4, -0.2) is 50.5 Å². The van der Waals surface area contributed by atoms with E-state index < -0.39 is 34.3 Å². The zero-order chi connectivity index (χ0) is 26.2. The number of amides is 2. The lowest BCUT2D eigenvalue weighted by Gasteiger charge is -2.33. The molecule has 35 heavy (non-hydrogen) atoms. The molecular weight excluding hydrogens is 493 g/mol. The number of nitrogens with one attached hydrogen (secondary N) is 1. The van der Waals surface area contributed by atoms with Crippen molar-refractivity contribution in [1.29, 1.82) is 0 Å². The van der Waals surface area contributed by atoms with Gasteiger partial charge in [0.1, 0.15) is 18.4 Å². The van der Waals surface area contributed by atoms with Crippen LogP contribution in [0.4, 0.5) is 10.1 Å². The summed E-state index contributed by atoms with van der Waals surface area (Å²) in [6, 6.07) is 9.53. The van der Waals surface area contributed by atoms with Gasteiger partial charge in [-0.1, -0.05) is 44.0 Å². The molecule has 0 aliphatic rings. The Morgan fingerprint density at radius 2 is 1.77 bits per heavy atom. The lowest BCUT2D eigenvalue weighted by molar-refractivity contribution is -0.140. The molecule has 0 heterocycles. The van der Waals surface area contributed by atoms with Gasteiger partial charge in [0.05, 0.1) is 11.9 Å². The molecule has 2 amide bonds. The monoisotopic (exact) mass is 525 g/mol. The fourth-order valence-electron chi connectivity index (χ4n) is 3.71. The van der Waals surface area contributed by atoms with Crippen LogP contribution in [0.5, 0.6) is 0 Å². The van der Waals surface area contributed by atoms with Crippen LogP contribution < -0.4 is 9.62 Å². The van der Waals surface area contributed by atoms with Gasteiger partial charge in [-0.15, -0.1) is 0 Å². The lowest BCUT2D eigenvalue weighted by atomic mass is 10.1. The molecule has 2 aromatic carbocycles. The number of carbonyl (C=O) groups excluding carboxylic acids is 2. The minimum absolute atomic E-state index is 0.0238. The van der Waals surface area contributed by atoms with Gasteiger partial charge in [-0.2, -0.15) is 0 Å². The highest BCUT2D eigenvalue weighted by molar-refractivity contribution is 7.92. The van der Waals surface area contributed by atoms with Gasteiger partial charge >= 0.3 is 0 Å². The zero-order valence-electron chi connectivity index (χ0n) is 20.6. The summed E-state index contributed by atoms with van der Waals surface area (Å²) in [5.41, 5.74) is 1.53. The third kappa shape index (κ3) is 8.21. The van der Waals surface area contributed by atoms with Crippen molar-refractivity contribution in [2.75, 3.05) is 23.7 Å². The first-order valence-electron chi connectivity index (χ1n) is 11.5. The molecule has 0 fully saturated rings. The molecule has 0 saturated heterocycles. The number of carbonyl (C=O) groups is 2. The average molecular weight is 526 g/mol. The van der Waals surface area contributed by atoms with E-state index in [1.54, 1.807) is 32.0 Å². The van der Waals surface area contributed by atoms with Crippen molar-refractivity contribution in [3.63, 3.8) is 0 Å². The van der Waals surface area contributed by atoms with E-state index >= 15 is 0 Å². The van der Waals surface area contributed by atoms with Crippen LogP contribution in [0.25, 0.3) is 0 Å². The van der Waals surface area contributed by atoms with Gasteiger partial charge in [-0.3, -0.25) is 13.9 Å². The van der Waals surface area contributed by atoms with Crippen molar-refractivity contribution in [2.24, 2.45) is 0 Å². The Balaban J connectivity index is 2.42. The van der Waals surface area contributed by atoms with Crippen molar-refractivity contribution in [2.45, 2.75) is 52.6 Å². The number of aryl methyl sites for hydroxylation is 1. The molecule has 0 radical (unpaired) electrons. The fourth-order valence-corrected chi connectivity index (χ4v) is 4.84. The summed E-state index contributed by atoms with van der Waals surface area (Å²) in [6.45, 7) is 5.50. The number of nitrogens with zero attached hydrogens (tertiary/aromatic N) is 2. The Morgan fingerprint density at radius 1 is 1.11 bits per heavy atom. The highest BCUT2D eigenvalue weighted by Crippen LogP contribution is 2.26. The molecule has 10 heteroatoms. The molecule has 0 saturated carbocycles. The SMILES string of the molecule is CCCCNC(=O)[C@H](CC)N(Cc1ccc(F)cc1)C(=O)CN(c1ccc(Cl)cc1C)S(C)(=O)=O. The predicted octanol–water partition coefficient (Wildman–Crippen LogP) is 4.28. The Kier molecular flexibility index (Phi) is 10.5. The van der Waals surface area contributed by atoms with Gasteiger partial charge in [0, 0.05) is 18.1 Å². The molecule has 2 aromatic rings. The number of sulfonamides is 1. The van der Waals surface area contributed by atoms with Crippen LogP contribution in [0.2, 0.25) is 5.02 Å². The Bertz CT molecular complexity index is 1130. The minimum atomic E-state index is -3.84. The van der Waals surface area contributed by atoms with E-state index in [1.807, 2.05) is 6.92 Å². The van der Waals surface area contributed by atoms with E-state index in [1.165, 1.54) is 29.2 Å². The highest BCUT2D eigenvalue weighted by Gasteiger charge is 2.32. The molecule has 0 aliphatic carbocycles. The number of rotatable bonds is 12. The van der Waals surface area contributed by atoms with Crippen molar-refractivity contribution >= 4 is 39.1 Å². The van der Waals surface area contributed by atoms with E-state index in [2.05, 4.69) is 5.32 Å². The molecule has 192 valence electrons. The summed E-state index contributed by atoms with van der Waals surface area (Å²) in [5.74, 6) is -1.28. The summed E-state index contributed by atoms with van der Waals surface area (Å²) in [5, 5.41) is 3.30. The second-order valence-corrected chi connectivity index (χ2v) is 10.8. The Morgan fingerprint density at radius 3 is 2.31 bits per heavy atom. The molecule has 2 rings (SSSR count). The Hall–Kier alpha value is -2.65. The molecular formula is C25H33ClFN3O4S. The zero-order valence-corrected chi connectivity index (χ0v) is 22.1. The van der Waals surface area contributed by atoms with Crippen LogP contribution in [0.1, 0.15) is 44.2 Å². The number of halogens is 2. The van der Waals surface area contributed by atoms with Gasteiger partial charge in [-0.25, -0.2) is 12.8 Å². The smallest absolute Gasteiger partial charge is 0.244 e. The third-order valence-electron chi connectivity index (χ3n) is 5.59. The highest BCUT2D eigenvalue weighted by atomic mass is 35.5. The van der Waals surface area contributed by atoms with Gasteiger partial charge < -0.3 is 10.2 Å². The molecule has 7 nitrogen and oxygen atoms in total. The van der Waals surface area contributed by atoms with E-state index in [4.69, 9.17) is 11.6 Å². The lowest BCUT2D eigenvalue weighted by Crippen LogP contribution is -2.52. The van der Waals surface area contributed by atoms with Gasteiger partial charge in [-0.05, 0) is 61.2 Å². The largest absolute Gasteiger partial charge is 0.354 e. The van der Waals surface area contributed by atoms with E-state index in [0.717, 1.165) is 23.4 Å². The van der Waals surface area contributed by atoms with Crippen LogP contribution in [0, 0.1) is 12.7 Å². The van der Waals surface area contributed by atoms with Crippen molar-refractivity contribution in [3.05, 3.63) is 64.4 Å². The summed E-state index contributed by atoms with van der Waals surface area (Å²) >= 11 is 6.03. The van der Waals surface area contributed by atoms with Crippen molar-refractivity contribution in [3.8, 4) is 0 Å². The average Bonchev–Trinajstić information content (AvgIpc) is 2.78. The summed E-state index contributed by atoms with van der Waals surface area (Å²) < 4.78 is 39.8. The second kappa shape index (κ2) is 12.9. The van der Waals surface area contributed by atoms with Crippen molar-refractivity contribution < 1.29 is 22.4 Å². The maximum atomic E-state index is 13.6. The predicted molar refractivity (Wildman–Crippen MR) is 137 cm³/mol. The normalized spacial score (nSPS) is 12.2. The minimum Gasteiger partial charge on any atom is -0.354 e. The quantitative estimate of drug-likeness (QED) is 0.419. The number of hydrogen-bond donors (Lipinski definition) is 1. The maximum Gasteiger partial charge on any atom is 0.244 e. The number of unbranched alkanes of at least 4 members (excludes halogenated alkanes) is 1. The molecule has 1 atom stereocenters. The number of hydrogen-bond acceptors (Lipinski definition) is 4. The molecule has 1 N–H and O–H groups in total. The molecule has 0 aliphatic heterocycles. The molecule has 0 bridgehead atoms. The first-order chi connectivity index (χ1) is 16.5. The van der Waals surface area contributed by atoms with Crippen LogP contribution in [-0.2, 0) is 26.2 Å². The Labute approximate surface area is 212 Å². The molecule has 0 spiro atoms. The summed E-state index contributed by atoms with van der Waals surface area (Å²) in [4.78, 5) is 27.9. The first kappa shape index (κ1) is 28.6. The van der Waals surface area contributed by atoms with Gasteiger partial charge in [0.15, 0.2) is 0 Å². The standard InChI is InChI=1S/C25H33ClFN3O4S/c1-5-7-14-28-25(32)22(6-2)29(16-19-8-11-21(27)12-9-19)24(31)17-30(35(4,33)34)23-13-10-20(26)15-18(23)3/h8-13,15,22H,5-7,14,16-17H2,1-4H3,(H,28,32)/t22-/m0/s1. The fraction of sp³-hybridized carbons (Fsp3) is 0.440. The first-order valence-corrected chi connectivity index (χ1v) is 13.8. The maximum absolute atomic E-state index is 13.6. The van der Waals surface area contributed by atoms with E-state index in [0.29, 0.717) is 34.8 Å². The number of benzene rings is 2.